The Labute approximate surface area is 87.0 Å². The van der Waals surface area contributed by atoms with Gasteiger partial charge >= 0.3 is 0 Å². The zero-order valence-corrected chi connectivity index (χ0v) is 9.70. The van der Waals surface area contributed by atoms with E-state index >= 15 is 0 Å². The fourth-order valence-corrected chi connectivity index (χ4v) is 1.29. The van der Waals surface area contributed by atoms with Gasteiger partial charge in [-0.3, -0.25) is 0 Å². The standard InChI is InChI=1S/C11H23FN2/c1-9(12)8-11(10(2)13)6-5-7-14(3)4/h5-6,9-11H,7-8,13H2,1-4H3/b6-5-. The fourth-order valence-electron chi connectivity index (χ4n) is 1.29. The van der Waals surface area contributed by atoms with Gasteiger partial charge in [-0.25, -0.2) is 4.39 Å². The summed E-state index contributed by atoms with van der Waals surface area (Å²) in [4.78, 5) is 2.06. The quantitative estimate of drug-likeness (QED) is 0.666. The van der Waals surface area contributed by atoms with Gasteiger partial charge in [0.05, 0.1) is 6.17 Å². The van der Waals surface area contributed by atoms with Crippen molar-refractivity contribution >= 4 is 0 Å². The van der Waals surface area contributed by atoms with Crippen LogP contribution in [0.5, 0.6) is 0 Å². The third kappa shape index (κ3) is 7.04. The number of hydrogen-bond donors (Lipinski definition) is 1. The molecule has 3 unspecified atom stereocenters. The van der Waals surface area contributed by atoms with Crippen LogP contribution in [0.1, 0.15) is 20.3 Å². The van der Waals surface area contributed by atoms with E-state index in [4.69, 9.17) is 5.73 Å². The Morgan fingerprint density at radius 2 is 1.93 bits per heavy atom. The van der Waals surface area contributed by atoms with Crippen molar-refractivity contribution in [3.8, 4) is 0 Å². The first-order valence-corrected chi connectivity index (χ1v) is 5.14. The predicted molar refractivity (Wildman–Crippen MR) is 60.0 cm³/mol. The molecule has 3 atom stereocenters. The van der Waals surface area contributed by atoms with Gasteiger partial charge < -0.3 is 10.6 Å². The lowest BCUT2D eigenvalue weighted by Gasteiger charge is -2.17. The van der Waals surface area contributed by atoms with Crippen LogP contribution < -0.4 is 5.73 Å². The number of nitrogens with two attached hydrogens (primary N) is 1. The van der Waals surface area contributed by atoms with E-state index < -0.39 is 6.17 Å². The maximum atomic E-state index is 12.8. The van der Waals surface area contributed by atoms with E-state index in [0.29, 0.717) is 6.42 Å². The molecule has 0 heterocycles. The Bertz CT molecular complexity index is 165. The first kappa shape index (κ1) is 13.6. The summed E-state index contributed by atoms with van der Waals surface area (Å²) in [5.74, 6) is 0.148. The topological polar surface area (TPSA) is 29.3 Å². The molecule has 0 saturated carbocycles. The zero-order valence-electron chi connectivity index (χ0n) is 9.70. The van der Waals surface area contributed by atoms with Crippen molar-refractivity contribution in [2.75, 3.05) is 20.6 Å². The molecule has 2 N–H and O–H groups in total. The van der Waals surface area contributed by atoms with Crippen molar-refractivity contribution in [2.24, 2.45) is 11.7 Å². The minimum Gasteiger partial charge on any atom is -0.327 e. The third-order valence-electron chi connectivity index (χ3n) is 2.13. The molecule has 0 aliphatic heterocycles. The summed E-state index contributed by atoms with van der Waals surface area (Å²) < 4.78 is 12.8. The van der Waals surface area contributed by atoms with Gasteiger partial charge in [0.1, 0.15) is 0 Å². The predicted octanol–water partition coefficient (Wildman–Crippen LogP) is 1.82. The molecule has 0 fully saturated rings. The molecule has 0 radical (unpaired) electrons. The Balaban J connectivity index is 4.02. The van der Waals surface area contributed by atoms with Crippen LogP contribution >= 0.6 is 0 Å². The van der Waals surface area contributed by atoms with Gasteiger partial charge in [0.2, 0.25) is 0 Å². The van der Waals surface area contributed by atoms with Crippen LogP contribution in [0, 0.1) is 5.92 Å². The Morgan fingerprint density at radius 3 is 2.29 bits per heavy atom. The SMILES string of the molecule is CC(F)CC(/C=C\CN(C)C)C(C)N. The lowest BCUT2D eigenvalue weighted by atomic mass is 9.95. The highest BCUT2D eigenvalue weighted by molar-refractivity contribution is 4.94. The molecule has 3 heteroatoms. The van der Waals surface area contributed by atoms with Crippen LogP contribution in [0.3, 0.4) is 0 Å². The van der Waals surface area contributed by atoms with Gasteiger partial charge in [-0.15, -0.1) is 0 Å². The Morgan fingerprint density at radius 1 is 1.36 bits per heavy atom. The van der Waals surface area contributed by atoms with Gasteiger partial charge in [0.25, 0.3) is 0 Å². The molecule has 0 saturated heterocycles. The molecule has 0 aromatic heterocycles. The van der Waals surface area contributed by atoms with Crippen LogP contribution in [0.25, 0.3) is 0 Å². The van der Waals surface area contributed by atoms with E-state index in [0.717, 1.165) is 6.54 Å². The zero-order chi connectivity index (χ0) is 11.1. The molecule has 0 aromatic carbocycles. The maximum Gasteiger partial charge on any atom is 0.0979 e. The van der Waals surface area contributed by atoms with Gasteiger partial charge in [0.15, 0.2) is 0 Å². The van der Waals surface area contributed by atoms with E-state index in [1.165, 1.54) is 0 Å². The van der Waals surface area contributed by atoms with E-state index in [9.17, 15) is 4.39 Å². The van der Waals surface area contributed by atoms with Crippen molar-refractivity contribution in [1.29, 1.82) is 0 Å². The molecule has 2 nitrogen and oxygen atoms in total. The van der Waals surface area contributed by atoms with Crippen molar-refractivity contribution in [3.63, 3.8) is 0 Å². The highest BCUT2D eigenvalue weighted by Gasteiger charge is 2.13. The summed E-state index contributed by atoms with van der Waals surface area (Å²) >= 11 is 0. The maximum absolute atomic E-state index is 12.8. The van der Waals surface area contributed by atoms with E-state index in [1.54, 1.807) is 6.92 Å². The lowest BCUT2D eigenvalue weighted by molar-refractivity contribution is 0.295. The number of hydrogen-bond acceptors (Lipinski definition) is 2. The second-order valence-corrected chi connectivity index (χ2v) is 4.23. The lowest BCUT2D eigenvalue weighted by Crippen LogP contribution is -2.27. The largest absolute Gasteiger partial charge is 0.327 e. The molecular weight excluding hydrogens is 179 g/mol. The molecular formula is C11H23FN2. The summed E-state index contributed by atoms with van der Waals surface area (Å²) in [5, 5.41) is 0. The number of halogens is 1. The van der Waals surface area contributed by atoms with E-state index in [-0.39, 0.29) is 12.0 Å². The van der Waals surface area contributed by atoms with Crippen LogP contribution in [-0.2, 0) is 0 Å². The summed E-state index contributed by atoms with van der Waals surface area (Å²) in [6.45, 7) is 4.38. The Hall–Kier alpha value is -0.410. The van der Waals surface area contributed by atoms with E-state index in [2.05, 4.69) is 11.0 Å². The average molecular weight is 202 g/mol. The minimum atomic E-state index is -0.782. The first-order chi connectivity index (χ1) is 6.43. The highest BCUT2D eigenvalue weighted by atomic mass is 19.1. The monoisotopic (exact) mass is 202 g/mol. The summed E-state index contributed by atoms with van der Waals surface area (Å²) in [6.07, 6.45) is 3.81. The van der Waals surface area contributed by atoms with Crippen LogP contribution in [0.4, 0.5) is 4.39 Å². The first-order valence-electron chi connectivity index (χ1n) is 5.14. The minimum absolute atomic E-state index is 0.0200. The molecule has 0 aliphatic rings. The van der Waals surface area contributed by atoms with Gasteiger partial charge in [-0.2, -0.15) is 0 Å². The molecule has 84 valence electrons. The number of alkyl halides is 1. The van der Waals surface area contributed by atoms with Crippen LogP contribution in [-0.4, -0.2) is 37.8 Å². The van der Waals surface area contributed by atoms with Gasteiger partial charge in [-0.1, -0.05) is 12.2 Å². The summed E-state index contributed by atoms with van der Waals surface area (Å²) in [7, 11) is 4.01. The average Bonchev–Trinajstić information content (AvgIpc) is 2.00. The molecule has 0 aromatic rings. The molecule has 14 heavy (non-hydrogen) atoms. The van der Waals surface area contributed by atoms with Crippen molar-refractivity contribution in [2.45, 2.75) is 32.5 Å². The van der Waals surface area contributed by atoms with Crippen molar-refractivity contribution in [3.05, 3.63) is 12.2 Å². The van der Waals surface area contributed by atoms with Crippen molar-refractivity contribution in [1.82, 2.24) is 4.90 Å². The molecule has 0 bridgehead atoms. The van der Waals surface area contributed by atoms with E-state index in [1.807, 2.05) is 27.1 Å². The number of rotatable bonds is 6. The molecule has 0 rings (SSSR count). The second-order valence-electron chi connectivity index (χ2n) is 4.23. The number of likely N-dealkylation sites (N-methyl/N-ethyl adjacent to an activating group) is 1. The summed E-state index contributed by atoms with van der Waals surface area (Å²) in [5.41, 5.74) is 5.77. The van der Waals surface area contributed by atoms with Gasteiger partial charge in [0, 0.05) is 12.6 Å². The highest BCUT2D eigenvalue weighted by Crippen LogP contribution is 2.13. The Kier molecular flexibility index (Phi) is 6.75. The van der Waals surface area contributed by atoms with Gasteiger partial charge in [-0.05, 0) is 40.3 Å². The number of nitrogens with zero attached hydrogens (tertiary/aromatic N) is 1. The third-order valence-corrected chi connectivity index (χ3v) is 2.13. The molecule has 0 aliphatic carbocycles. The molecule has 0 amide bonds. The second kappa shape index (κ2) is 6.96. The smallest absolute Gasteiger partial charge is 0.0979 e. The fraction of sp³-hybridized carbons (Fsp3) is 0.818. The summed E-state index contributed by atoms with van der Waals surface area (Å²) in [6, 6.07) is 0.0200. The van der Waals surface area contributed by atoms with Crippen LogP contribution in [0.2, 0.25) is 0 Å². The van der Waals surface area contributed by atoms with Crippen LogP contribution in [0.15, 0.2) is 12.2 Å². The van der Waals surface area contributed by atoms with Crippen molar-refractivity contribution < 1.29 is 4.39 Å². The normalized spacial score (nSPS) is 18.8. The molecule has 0 spiro atoms.